The van der Waals surface area contributed by atoms with Crippen molar-refractivity contribution in [2.75, 3.05) is 19.5 Å². The molecule has 1 aliphatic heterocycles. The van der Waals surface area contributed by atoms with Crippen molar-refractivity contribution in [3.63, 3.8) is 0 Å². The van der Waals surface area contributed by atoms with Gasteiger partial charge in [0.05, 0.1) is 12.6 Å². The number of anilines is 1. The number of aromatic nitrogens is 1. The smallest absolute Gasteiger partial charge is 0.274 e. The van der Waals surface area contributed by atoms with E-state index < -0.39 is 6.29 Å². The molecule has 0 fully saturated rings. The van der Waals surface area contributed by atoms with Crippen LogP contribution in [0.15, 0.2) is 41.3 Å². The Hall–Kier alpha value is -2.18. The summed E-state index contributed by atoms with van der Waals surface area (Å²) in [6.45, 7) is 0.321. The lowest BCUT2D eigenvalue weighted by Gasteiger charge is -2.27. The van der Waals surface area contributed by atoms with E-state index in [-0.39, 0.29) is 17.4 Å². The van der Waals surface area contributed by atoms with Crippen molar-refractivity contribution in [1.29, 1.82) is 0 Å². The maximum absolute atomic E-state index is 13.1. The third-order valence-electron chi connectivity index (χ3n) is 4.42. The molecule has 1 aromatic carbocycles. The van der Waals surface area contributed by atoms with E-state index in [0.717, 1.165) is 24.0 Å². The van der Waals surface area contributed by atoms with Gasteiger partial charge in [0.2, 0.25) is 0 Å². The Morgan fingerprint density at radius 1 is 1.25 bits per heavy atom. The van der Waals surface area contributed by atoms with Gasteiger partial charge in [-0.05, 0) is 42.2 Å². The van der Waals surface area contributed by atoms with Crippen LogP contribution in [0.25, 0.3) is 0 Å². The first kappa shape index (κ1) is 16.7. The number of fused-ring (bicyclic) bond motifs is 1. The normalized spacial score (nSPS) is 16.8. The van der Waals surface area contributed by atoms with Crippen LogP contribution in [0.4, 0.5) is 10.1 Å². The lowest BCUT2D eigenvalue weighted by Crippen LogP contribution is -2.33. The zero-order chi connectivity index (χ0) is 17.1. The van der Waals surface area contributed by atoms with Crippen molar-refractivity contribution in [3.8, 4) is 0 Å². The van der Waals surface area contributed by atoms with Crippen LogP contribution in [0.5, 0.6) is 0 Å². The summed E-state index contributed by atoms with van der Waals surface area (Å²) in [7, 11) is 3.08. The third-order valence-corrected chi connectivity index (χ3v) is 4.42. The second-order valence-corrected chi connectivity index (χ2v) is 5.86. The molecular weight excluding hydrogens is 311 g/mol. The number of pyridine rings is 1. The highest BCUT2D eigenvalue weighted by atomic mass is 19.1. The van der Waals surface area contributed by atoms with Crippen molar-refractivity contribution in [2.45, 2.75) is 31.7 Å². The number of benzene rings is 1. The number of ether oxygens (including phenoxy) is 2. The number of hydrogen-bond acceptors (Lipinski definition) is 4. The monoisotopic (exact) mass is 332 g/mol. The SMILES string of the molecule is COC(Cn1ccc2c(c1=O)N[C@H](c1ccc(F)cc1)CC2)OC. The van der Waals surface area contributed by atoms with Gasteiger partial charge in [0.15, 0.2) is 6.29 Å². The second-order valence-electron chi connectivity index (χ2n) is 5.86. The van der Waals surface area contributed by atoms with Crippen molar-refractivity contribution in [2.24, 2.45) is 0 Å². The molecule has 0 radical (unpaired) electrons. The third kappa shape index (κ3) is 3.34. The van der Waals surface area contributed by atoms with Gasteiger partial charge in [-0.2, -0.15) is 0 Å². The van der Waals surface area contributed by atoms with Crippen molar-refractivity contribution < 1.29 is 13.9 Å². The van der Waals surface area contributed by atoms with Gasteiger partial charge in [-0.1, -0.05) is 12.1 Å². The van der Waals surface area contributed by atoms with Crippen LogP contribution in [0, 0.1) is 5.82 Å². The minimum Gasteiger partial charge on any atom is -0.374 e. The summed E-state index contributed by atoms with van der Waals surface area (Å²) in [5.41, 5.74) is 2.48. The van der Waals surface area contributed by atoms with E-state index in [9.17, 15) is 9.18 Å². The average molecular weight is 332 g/mol. The average Bonchev–Trinajstić information content (AvgIpc) is 2.62. The summed E-state index contributed by atoms with van der Waals surface area (Å²) in [5, 5.41) is 3.31. The molecule has 1 aliphatic rings. The van der Waals surface area contributed by atoms with Crippen LogP contribution in [0.1, 0.15) is 23.6 Å². The molecular formula is C18H21FN2O3. The predicted octanol–water partition coefficient (Wildman–Crippen LogP) is 2.71. The Morgan fingerprint density at radius 3 is 2.62 bits per heavy atom. The molecule has 0 saturated carbocycles. The summed E-state index contributed by atoms with van der Waals surface area (Å²) >= 11 is 0. The van der Waals surface area contributed by atoms with Crippen molar-refractivity contribution in [3.05, 3.63) is 63.8 Å². The summed E-state index contributed by atoms with van der Waals surface area (Å²) in [6, 6.07) is 8.35. The van der Waals surface area contributed by atoms with Crippen LogP contribution < -0.4 is 10.9 Å². The molecule has 128 valence electrons. The number of methoxy groups -OCH3 is 2. The molecule has 5 nitrogen and oxygen atoms in total. The van der Waals surface area contributed by atoms with Crippen LogP contribution in [-0.4, -0.2) is 25.1 Å². The maximum Gasteiger partial charge on any atom is 0.274 e. The maximum atomic E-state index is 13.1. The number of nitrogens with zero attached hydrogens (tertiary/aromatic N) is 1. The number of halogens is 1. The summed E-state index contributed by atoms with van der Waals surface area (Å²) < 4.78 is 25.0. The van der Waals surface area contributed by atoms with Crippen LogP contribution in [0.3, 0.4) is 0 Å². The van der Waals surface area contributed by atoms with Gasteiger partial charge in [0, 0.05) is 20.4 Å². The highest BCUT2D eigenvalue weighted by Gasteiger charge is 2.23. The number of hydrogen-bond donors (Lipinski definition) is 1. The molecule has 0 bridgehead atoms. The van der Waals surface area contributed by atoms with E-state index in [1.54, 1.807) is 37.1 Å². The van der Waals surface area contributed by atoms with E-state index in [1.807, 2.05) is 6.07 Å². The Kier molecular flexibility index (Phi) is 4.97. The van der Waals surface area contributed by atoms with Crippen LogP contribution in [0.2, 0.25) is 0 Å². The quantitative estimate of drug-likeness (QED) is 0.856. The van der Waals surface area contributed by atoms with Crippen LogP contribution in [-0.2, 0) is 22.4 Å². The molecule has 2 aromatic rings. The first-order chi connectivity index (χ1) is 11.6. The topological polar surface area (TPSA) is 52.5 Å². The van der Waals surface area contributed by atoms with Gasteiger partial charge in [0.1, 0.15) is 11.5 Å². The van der Waals surface area contributed by atoms with E-state index in [2.05, 4.69) is 5.32 Å². The fraction of sp³-hybridized carbons (Fsp3) is 0.389. The Balaban J connectivity index is 1.86. The summed E-state index contributed by atoms with van der Waals surface area (Å²) in [6.07, 6.45) is 2.96. The van der Waals surface area contributed by atoms with E-state index in [0.29, 0.717) is 12.2 Å². The fourth-order valence-electron chi connectivity index (χ4n) is 3.02. The molecule has 0 spiro atoms. The fourth-order valence-corrected chi connectivity index (χ4v) is 3.02. The molecule has 3 rings (SSSR count). The largest absolute Gasteiger partial charge is 0.374 e. The first-order valence-corrected chi connectivity index (χ1v) is 7.92. The predicted molar refractivity (Wildman–Crippen MR) is 89.6 cm³/mol. The van der Waals surface area contributed by atoms with Gasteiger partial charge in [-0.25, -0.2) is 4.39 Å². The van der Waals surface area contributed by atoms with Crippen molar-refractivity contribution >= 4 is 5.69 Å². The highest BCUT2D eigenvalue weighted by Crippen LogP contribution is 2.30. The highest BCUT2D eigenvalue weighted by molar-refractivity contribution is 5.53. The molecule has 1 atom stereocenters. The summed E-state index contributed by atoms with van der Waals surface area (Å²) in [4.78, 5) is 12.7. The number of rotatable bonds is 5. The first-order valence-electron chi connectivity index (χ1n) is 7.92. The molecule has 6 heteroatoms. The van der Waals surface area contributed by atoms with Crippen LogP contribution >= 0.6 is 0 Å². The van der Waals surface area contributed by atoms with Gasteiger partial charge in [0.25, 0.3) is 5.56 Å². The molecule has 24 heavy (non-hydrogen) atoms. The lowest BCUT2D eigenvalue weighted by molar-refractivity contribution is -0.111. The Bertz CT molecular complexity index is 754. The van der Waals surface area contributed by atoms with E-state index >= 15 is 0 Å². The van der Waals surface area contributed by atoms with Gasteiger partial charge >= 0.3 is 0 Å². The van der Waals surface area contributed by atoms with Crippen molar-refractivity contribution in [1.82, 2.24) is 4.57 Å². The minimum absolute atomic E-state index is 0.00213. The lowest BCUT2D eigenvalue weighted by atomic mass is 9.94. The minimum atomic E-state index is -0.475. The molecule has 1 N–H and O–H groups in total. The second kappa shape index (κ2) is 7.15. The summed E-state index contributed by atoms with van der Waals surface area (Å²) in [5.74, 6) is -0.262. The zero-order valence-electron chi connectivity index (χ0n) is 13.8. The molecule has 0 unspecified atom stereocenters. The number of nitrogens with one attached hydrogen (secondary N) is 1. The molecule has 0 amide bonds. The Morgan fingerprint density at radius 2 is 1.96 bits per heavy atom. The number of aryl methyl sites for hydroxylation is 1. The van der Waals surface area contributed by atoms with E-state index in [4.69, 9.17) is 9.47 Å². The molecule has 1 aromatic heterocycles. The molecule has 0 saturated heterocycles. The van der Waals surface area contributed by atoms with Gasteiger partial charge in [-0.15, -0.1) is 0 Å². The Labute approximate surface area is 140 Å². The zero-order valence-corrected chi connectivity index (χ0v) is 13.8. The van der Waals surface area contributed by atoms with Gasteiger partial charge in [-0.3, -0.25) is 4.79 Å². The van der Waals surface area contributed by atoms with Gasteiger partial charge < -0.3 is 19.4 Å². The van der Waals surface area contributed by atoms with E-state index in [1.165, 1.54) is 12.1 Å². The molecule has 0 aliphatic carbocycles. The standard InChI is InChI=1S/C18H21FN2O3/c1-23-16(24-2)11-21-10-9-13-5-8-15(20-17(13)18(21)22)12-3-6-14(19)7-4-12/h3-4,6-7,9-10,15-16,20H,5,8,11H2,1-2H3/t15-/m0/s1. The molecule has 2 heterocycles.